The molecule has 2 aliphatic rings. The van der Waals surface area contributed by atoms with Gasteiger partial charge in [-0.05, 0) is 55.3 Å². The Morgan fingerprint density at radius 1 is 0.853 bits per heavy atom. The molecule has 0 bridgehead atoms. The molecule has 2 amide bonds. The van der Waals surface area contributed by atoms with Gasteiger partial charge in [-0.15, -0.1) is 0 Å². The fourth-order valence-electron chi connectivity index (χ4n) is 4.74. The summed E-state index contributed by atoms with van der Waals surface area (Å²) in [6.45, 7) is 3.71. The Bertz CT molecular complexity index is 1280. The first-order valence-corrected chi connectivity index (χ1v) is 10.8. The van der Waals surface area contributed by atoms with Gasteiger partial charge in [-0.25, -0.2) is 9.96 Å². The second-order valence-corrected chi connectivity index (χ2v) is 8.58. The van der Waals surface area contributed by atoms with Gasteiger partial charge in [0.15, 0.2) is 6.10 Å². The van der Waals surface area contributed by atoms with Crippen LogP contribution in [0.3, 0.4) is 0 Å². The number of anilines is 2. The molecule has 3 atom stereocenters. The fourth-order valence-corrected chi connectivity index (χ4v) is 4.74. The van der Waals surface area contributed by atoms with Crippen LogP contribution in [0.5, 0.6) is 0 Å². The maximum absolute atomic E-state index is 13.7. The minimum Gasteiger partial charge on any atom is -0.273 e. The second kappa shape index (κ2) is 7.99. The number of aryl methyl sites for hydroxylation is 2. The third-order valence-corrected chi connectivity index (χ3v) is 6.27. The minimum atomic E-state index is -4.55. The molecule has 0 aromatic heterocycles. The van der Waals surface area contributed by atoms with Gasteiger partial charge in [0.25, 0.3) is 5.91 Å². The van der Waals surface area contributed by atoms with Crippen LogP contribution in [0.25, 0.3) is 0 Å². The van der Waals surface area contributed by atoms with Crippen molar-refractivity contribution in [3.05, 3.63) is 95.1 Å². The largest absolute Gasteiger partial charge is 0.416 e. The molecule has 0 spiro atoms. The number of amides is 2. The topological polar surface area (TPSA) is 49.9 Å². The monoisotopic (exact) mass is 466 g/mol. The molecule has 5 rings (SSSR count). The highest BCUT2D eigenvalue weighted by Crippen LogP contribution is 2.48. The van der Waals surface area contributed by atoms with Gasteiger partial charge in [0.1, 0.15) is 5.92 Å². The summed E-state index contributed by atoms with van der Waals surface area (Å²) in [6, 6.07) is 18.0. The third-order valence-electron chi connectivity index (χ3n) is 6.27. The molecule has 34 heavy (non-hydrogen) atoms. The molecule has 5 nitrogen and oxygen atoms in total. The quantitative estimate of drug-likeness (QED) is 0.487. The number of para-hydroxylation sites is 1. The van der Waals surface area contributed by atoms with E-state index in [1.54, 1.807) is 49.4 Å². The Balaban J connectivity index is 1.61. The Hall–Kier alpha value is -3.65. The van der Waals surface area contributed by atoms with E-state index in [0.717, 1.165) is 28.2 Å². The minimum absolute atomic E-state index is 0.245. The van der Waals surface area contributed by atoms with Crippen LogP contribution < -0.4 is 9.96 Å². The zero-order valence-corrected chi connectivity index (χ0v) is 18.4. The van der Waals surface area contributed by atoms with Gasteiger partial charge in [-0.1, -0.05) is 48.0 Å². The van der Waals surface area contributed by atoms with Crippen molar-refractivity contribution in [1.82, 2.24) is 0 Å². The molecule has 3 aromatic carbocycles. The van der Waals surface area contributed by atoms with Gasteiger partial charge < -0.3 is 0 Å². The SMILES string of the molecule is Cc1ccc(N2C(=O)[C@H]3[C@H](ON(c4ccccc4)[C@H]3c3cccc(C(F)(F)F)c3)C2=O)c(C)c1. The molecule has 0 unspecified atom stereocenters. The summed E-state index contributed by atoms with van der Waals surface area (Å²) in [5.41, 5.74) is 2.14. The number of hydroxylamine groups is 1. The second-order valence-electron chi connectivity index (χ2n) is 8.58. The molecular weight excluding hydrogens is 445 g/mol. The van der Waals surface area contributed by atoms with Crippen LogP contribution in [0, 0.1) is 19.8 Å². The Morgan fingerprint density at radius 2 is 1.59 bits per heavy atom. The fraction of sp³-hybridized carbons (Fsp3) is 0.231. The number of fused-ring (bicyclic) bond motifs is 1. The molecule has 2 aliphatic heterocycles. The summed E-state index contributed by atoms with van der Waals surface area (Å²) >= 11 is 0. The van der Waals surface area contributed by atoms with Crippen LogP contribution >= 0.6 is 0 Å². The van der Waals surface area contributed by atoms with Crippen LogP contribution in [0.15, 0.2) is 72.8 Å². The number of halogens is 3. The first-order valence-electron chi connectivity index (χ1n) is 10.8. The van der Waals surface area contributed by atoms with E-state index in [1.165, 1.54) is 17.2 Å². The number of benzene rings is 3. The van der Waals surface area contributed by atoms with Crippen molar-refractivity contribution in [2.75, 3.05) is 9.96 Å². The van der Waals surface area contributed by atoms with Crippen molar-refractivity contribution in [2.24, 2.45) is 5.92 Å². The van der Waals surface area contributed by atoms with Gasteiger partial charge in [0.2, 0.25) is 5.91 Å². The molecule has 0 N–H and O–H groups in total. The van der Waals surface area contributed by atoms with Crippen molar-refractivity contribution in [3.63, 3.8) is 0 Å². The molecule has 3 aromatic rings. The van der Waals surface area contributed by atoms with E-state index in [0.29, 0.717) is 11.4 Å². The summed E-state index contributed by atoms with van der Waals surface area (Å²) in [5.74, 6) is -2.03. The average Bonchev–Trinajstić information content (AvgIpc) is 3.31. The maximum atomic E-state index is 13.7. The smallest absolute Gasteiger partial charge is 0.273 e. The van der Waals surface area contributed by atoms with Crippen molar-refractivity contribution in [2.45, 2.75) is 32.2 Å². The number of alkyl halides is 3. The lowest BCUT2D eigenvalue weighted by Gasteiger charge is -2.29. The van der Waals surface area contributed by atoms with Crippen molar-refractivity contribution < 1.29 is 27.6 Å². The Morgan fingerprint density at radius 3 is 2.26 bits per heavy atom. The van der Waals surface area contributed by atoms with Crippen molar-refractivity contribution in [3.8, 4) is 0 Å². The van der Waals surface area contributed by atoms with Crippen LogP contribution in [-0.4, -0.2) is 17.9 Å². The summed E-state index contributed by atoms with van der Waals surface area (Å²) in [7, 11) is 0. The molecule has 0 aliphatic carbocycles. The van der Waals surface area contributed by atoms with E-state index in [-0.39, 0.29) is 5.56 Å². The molecule has 2 heterocycles. The van der Waals surface area contributed by atoms with E-state index >= 15 is 0 Å². The first-order chi connectivity index (χ1) is 16.2. The number of imide groups is 1. The number of carbonyl (C=O) groups is 2. The average molecular weight is 466 g/mol. The maximum Gasteiger partial charge on any atom is 0.416 e. The number of nitrogens with zero attached hydrogens (tertiary/aromatic N) is 2. The highest BCUT2D eigenvalue weighted by Gasteiger charge is 2.60. The summed E-state index contributed by atoms with van der Waals surface area (Å²) < 4.78 is 40.4. The molecule has 0 radical (unpaired) electrons. The molecule has 8 heteroatoms. The molecule has 0 saturated carbocycles. The third kappa shape index (κ3) is 3.54. The summed E-state index contributed by atoms with van der Waals surface area (Å²) in [6.07, 6.45) is -5.69. The van der Waals surface area contributed by atoms with Gasteiger partial charge in [-0.3, -0.25) is 14.4 Å². The lowest BCUT2D eigenvalue weighted by atomic mass is 9.89. The number of carbonyl (C=O) groups excluding carboxylic acids is 2. The zero-order chi connectivity index (χ0) is 24.2. The van der Waals surface area contributed by atoms with Crippen LogP contribution in [0.4, 0.5) is 24.5 Å². The highest BCUT2D eigenvalue weighted by atomic mass is 19.4. The number of hydrogen-bond donors (Lipinski definition) is 0. The normalized spacial score (nSPS) is 22.4. The van der Waals surface area contributed by atoms with E-state index in [4.69, 9.17) is 4.84 Å². The summed E-state index contributed by atoms with van der Waals surface area (Å²) in [4.78, 5) is 34.1. The Kier molecular flexibility index (Phi) is 5.20. The van der Waals surface area contributed by atoms with Gasteiger partial charge in [0.05, 0.1) is 23.0 Å². The zero-order valence-electron chi connectivity index (χ0n) is 18.4. The van der Waals surface area contributed by atoms with E-state index in [1.807, 2.05) is 13.0 Å². The van der Waals surface area contributed by atoms with E-state index in [2.05, 4.69) is 0 Å². The van der Waals surface area contributed by atoms with Gasteiger partial charge in [0, 0.05) is 0 Å². The van der Waals surface area contributed by atoms with Gasteiger partial charge in [-0.2, -0.15) is 13.2 Å². The molecule has 2 saturated heterocycles. The van der Waals surface area contributed by atoms with E-state index < -0.39 is 41.6 Å². The molecular formula is C26H21F3N2O3. The lowest BCUT2D eigenvalue weighted by molar-refractivity contribution is -0.137. The number of hydrogen-bond acceptors (Lipinski definition) is 4. The van der Waals surface area contributed by atoms with Crippen LogP contribution in [-0.2, 0) is 20.6 Å². The van der Waals surface area contributed by atoms with Crippen molar-refractivity contribution >= 4 is 23.2 Å². The predicted octanol–water partition coefficient (Wildman–Crippen LogP) is 5.37. The molecule has 174 valence electrons. The lowest BCUT2D eigenvalue weighted by Crippen LogP contribution is -2.37. The van der Waals surface area contributed by atoms with Crippen LogP contribution in [0.2, 0.25) is 0 Å². The molecule has 2 fully saturated rings. The highest BCUT2D eigenvalue weighted by molar-refractivity contribution is 6.24. The summed E-state index contributed by atoms with van der Waals surface area (Å²) in [5, 5.41) is 1.39. The van der Waals surface area contributed by atoms with Crippen LogP contribution in [0.1, 0.15) is 28.3 Å². The van der Waals surface area contributed by atoms with Crippen molar-refractivity contribution in [1.29, 1.82) is 0 Å². The Labute approximate surface area is 194 Å². The van der Waals surface area contributed by atoms with E-state index in [9.17, 15) is 22.8 Å². The van der Waals surface area contributed by atoms with Gasteiger partial charge >= 0.3 is 6.18 Å². The number of rotatable bonds is 3. The predicted molar refractivity (Wildman–Crippen MR) is 120 cm³/mol. The first kappa shape index (κ1) is 22.2. The standard InChI is InChI=1S/C26H21F3N2O3/c1-15-11-12-20(16(2)13-15)30-24(32)21-22(17-7-6-8-18(14-17)26(27,28)29)31(34-23(21)25(30)33)19-9-4-3-5-10-19/h3-14,21-23H,1-2H3/t21-,22+,23+/m1/s1.